The third-order valence-corrected chi connectivity index (χ3v) is 4.81. The van der Waals surface area contributed by atoms with Crippen LogP contribution in [0.1, 0.15) is 36.7 Å². The highest BCUT2D eigenvalue weighted by molar-refractivity contribution is 5.46. The first-order valence-electron chi connectivity index (χ1n) is 9.16. The number of methoxy groups -OCH3 is 2. The van der Waals surface area contributed by atoms with E-state index in [4.69, 9.17) is 9.47 Å². The number of hydrogen-bond donors (Lipinski definition) is 1. The van der Waals surface area contributed by atoms with Crippen molar-refractivity contribution in [1.82, 2.24) is 9.55 Å². The van der Waals surface area contributed by atoms with Gasteiger partial charge in [-0.2, -0.15) is 0 Å². The van der Waals surface area contributed by atoms with Gasteiger partial charge in [0.25, 0.3) is 0 Å². The van der Waals surface area contributed by atoms with Crippen molar-refractivity contribution in [3.05, 3.63) is 77.9 Å². The highest BCUT2D eigenvalue weighted by Crippen LogP contribution is 2.37. The van der Waals surface area contributed by atoms with Crippen molar-refractivity contribution in [3.63, 3.8) is 0 Å². The number of aliphatic hydroxyl groups is 1. The van der Waals surface area contributed by atoms with Crippen LogP contribution in [0.15, 0.2) is 60.9 Å². The second-order valence-electron chi connectivity index (χ2n) is 6.47. The summed E-state index contributed by atoms with van der Waals surface area (Å²) in [5.74, 6) is 2.08. The van der Waals surface area contributed by atoms with Crippen LogP contribution in [0, 0.1) is 0 Å². The summed E-state index contributed by atoms with van der Waals surface area (Å²) in [5, 5.41) is 12.0. The number of aromatic nitrogens is 2. The normalized spacial score (nSPS) is 11.4. The summed E-state index contributed by atoms with van der Waals surface area (Å²) < 4.78 is 12.6. The smallest absolute Gasteiger partial charge is 0.173 e. The maximum Gasteiger partial charge on any atom is 0.173 e. The molecule has 0 atom stereocenters. The van der Waals surface area contributed by atoms with Crippen LogP contribution in [0.3, 0.4) is 0 Å². The Bertz CT molecular complexity index is 807. The van der Waals surface area contributed by atoms with E-state index in [0.29, 0.717) is 5.82 Å². The summed E-state index contributed by atoms with van der Waals surface area (Å²) in [6.45, 7) is 2.95. The molecular formula is C22H26N2O3. The molecule has 0 fully saturated rings. The van der Waals surface area contributed by atoms with Crippen molar-refractivity contribution in [2.45, 2.75) is 31.9 Å². The summed E-state index contributed by atoms with van der Waals surface area (Å²) in [7, 11) is 3.25. The van der Waals surface area contributed by atoms with Gasteiger partial charge in [0.2, 0.25) is 0 Å². The molecule has 1 N–H and O–H groups in total. The average Bonchev–Trinajstić information content (AvgIpc) is 3.21. The summed E-state index contributed by atoms with van der Waals surface area (Å²) in [4.78, 5) is 4.53. The summed E-state index contributed by atoms with van der Waals surface area (Å²) in [6.07, 6.45) is 5.75. The van der Waals surface area contributed by atoms with Gasteiger partial charge < -0.3 is 19.1 Å². The van der Waals surface area contributed by atoms with Crippen molar-refractivity contribution >= 4 is 0 Å². The van der Waals surface area contributed by atoms with Gasteiger partial charge in [-0.15, -0.1) is 0 Å². The molecule has 0 bridgehead atoms. The van der Waals surface area contributed by atoms with Gasteiger partial charge in [-0.25, -0.2) is 4.98 Å². The molecule has 3 rings (SSSR count). The minimum Gasteiger partial charge on any atom is -0.497 e. The van der Waals surface area contributed by atoms with Gasteiger partial charge in [-0.1, -0.05) is 37.6 Å². The quantitative estimate of drug-likeness (QED) is 0.655. The number of aryl methyl sites for hydroxylation is 1. The van der Waals surface area contributed by atoms with Crippen molar-refractivity contribution in [2.24, 2.45) is 0 Å². The molecule has 0 aliphatic carbocycles. The van der Waals surface area contributed by atoms with E-state index in [2.05, 4.69) is 11.9 Å². The summed E-state index contributed by atoms with van der Waals surface area (Å²) in [5.41, 5.74) is 0.0883. The summed E-state index contributed by atoms with van der Waals surface area (Å²) in [6, 6.07) is 14.9. The van der Waals surface area contributed by atoms with Crippen LogP contribution in [0.4, 0.5) is 0 Å². The number of unbranched alkanes of at least 4 members (excludes halogenated alkanes) is 1. The second-order valence-corrected chi connectivity index (χ2v) is 6.47. The highest BCUT2D eigenvalue weighted by Gasteiger charge is 2.38. The van der Waals surface area contributed by atoms with Crippen molar-refractivity contribution in [2.75, 3.05) is 14.2 Å². The zero-order valence-corrected chi connectivity index (χ0v) is 16.1. The first-order chi connectivity index (χ1) is 13.1. The lowest BCUT2D eigenvalue weighted by molar-refractivity contribution is 0.111. The van der Waals surface area contributed by atoms with Crippen LogP contribution in [0.2, 0.25) is 0 Å². The molecule has 0 aliphatic rings. The number of imidazole rings is 1. The van der Waals surface area contributed by atoms with Crippen LogP contribution in [-0.4, -0.2) is 28.9 Å². The number of benzene rings is 2. The Kier molecular flexibility index (Phi) is 5.81. The minimum absolute atomic E-state index is 0.603. The number of rotatable bonds is 8. The molecule has 5 nitrogen and oxygen atoms in total. The molecule has 5 heteroatoms. The standard InChI is InChI=1S/C22H26N2O3/c1-4-5-15-24-16-14-23-21(24)22(25,17-6-10-19(26-2)11-7-17)18-8-12-20(27-3)13-9-18/h6-14,16,25H,4-5,15H2,1-3H3. The molecule has 27 heavy (non-hydrogen) atoms. The molecule has 0 saturated heterocycles. The Morgan fingerprint density at radius 3 is 1.89 bits per heavy atom. The lowest BCUT2D eigenvalue weighted by Gasteiger charge is -2.30. The highest BCUT2D eigenvalue weighted by atomic mass is 16.5. The third kappa shape index (κ3) is 3.69. The first kappa shape index (κ1) is 19.0. The largest absolute Gasteiger partial charge is 0.497 e. The van der Waals surface area contributed by atoms with E-state index >= 15 is 0 Å². The predicted octanol–water partition coefficient (Wildman–Crippen LogP) is 3.98. The van der Waals surface area contributed by atoms with Gasteiger partial charge in [0.05, 0.1) is 14.2 Å². The summed E-state index contributed by atoms with van der Waals surface area (Å²) >= 11 is 0. The van der Waals surface area contributed by atoms with Crippen LogP contribution in [0.5, 0.6) is 11.5 Å². The second kappa shape index (κ2) is 8.27. The molecule has 3 aromatic rings. The zero-order chi connectivity index (χ0) is 19.3. The number of ether oxygens (including phenoxy) is 2. The number of hydrogen-bond acceptors (Lipinski definition) is 4. The van der Waals surface area contributed by atoms with Gasteiger partial charge in [0, 0.05) is 18.9 Å². The van der Waals surface area contributed by atoms with Crippen molar-refractivity contribution in [1.29, 1.82) is 0 Å². The molecule has 142 valence electrons. The third-order valence-electron chi connectivity index (χ3n) is 4.81. The fourth-order valence-corrected chi connectivity index (χ4v) is 3.23. The zero-order valence-electron chi connectivity index (χ0n) is 16.1. The van der Waals surface area contributed by atoms with E-state index in [1.54, 1.807) is 20.4 Å². The Labute approximate surface area is 160 Å². The maximum atomic E-state index is 12.0. The van der Waals surface area contributed by atoms with Gasteiger partial charge >= 0.3 is 0 Å². The molecule has 0 radical (unpaired) electrons. The first-order valence-corrected chi connectivity index (χ1v) is 9.16. The van der Waals surface area contributed by atoms with E-state index in [1.165, 1.54) is 0 Å². The van der Waals surface area contributed by atoms with Gasteiger partial charge in [-0.05, 0) is 41.8 Å². The van der Waals surface area contributed by atoms with E-state index in [9.17, 15) is 5.11 Å². The monoisotopic (exact) mass is 366 g/mol. The van der Waals surface area contributed by atoms with E-state index in [-0.39, 0.29) is 0 Å². The lowest BCUT2D eigenvalue weighted by atomic mass is 9.85. The van der Waals surface area contributed by atoms with Gasteiger partial charge in [0.15, 0.2) is 5.60 Å². The molecule has 0 aliphatic heterocycles. The minimum atomic E-state index is -1.38. The number of nitrogens with zero attached hydrogens (tertiary/aromatic N) is 2. The van der Waals surface area contributed by atoms with Crippen LogP contribution in [0.25, 0.3) is 0 Å². The fourth-order valence-electron chi connectivity index (χ4n) is 3.23. The Morgan fingerprint density at radius 1 is 0.926 bits per heavy atom. The molecule has 0 unspecified atom stereocenters. The Balaban J connectivity index is 2.14. The lowest BCUT2D eigenvalue weighted by Crippen LogP contribution is -2.32. The van der Waals surface area contributed by atoms with E-state index in [1.807, 2.05) is 59.3 Å². The molecule has 0 amide bonds. The van der Waals surface area contributed by atoms with Gasteiger partial charge in [0.1, 0.15) is 17.3 Å². The van der Waals surface area contributed by atoms with E-state index < -0.39 is 5.60 Å². The predicted molar refractivity (Wildman–Crippen MR) is 105 cm³/mol. The molecule has 0 spiro atoms. The Hall–Kier alpha value is -2.79. The van der Waals surface area contributed by atoms with Crippen LogP contribution >= 0.6 is 0 Å². The van der Waals surface area contributed by atoms with Crippen LogP contribution < -0.4 is 9.47 Å². The molecular weight excluding hydrogens is 340 g/mol. The molecule has 2 aromatic carbocycles. The average molecular weight is 366 g/mol. The van der Waals surface area contributed by atoms with Gasteiger partial charge in [-0.3, -0.25) is 0 Å². The maximum absolute atomic E-state index is 12.0. The van der Waals surface area contributed by atoms with Crippen molar-refractivity contribution in [3.8, 4) is 11.5 Å². The van der Waals surface area contributed by atoms with Crippen molar-refractivity contribution < 1.29 is 14.6 Å². The van der Waals surface area contributed by atoms with E-state index in [0.717, 1.165) is 42.0 Å². The SMILES string of the molecule is CCCCn1ccnc1C(O)(c1ccc(OC)cc1)c1ccc(OC)cc1. The van der Waals surface area contributed by atoms with Crippen LogP contribution in [-0.2, 0) is 12.1 Å². The Morgan fingerprint density at radius 2 is 1.44 bits per heavy atom. The topological polar surface area (TPSA) is 56.5 Å². The molecule has 1 aromatic heterocycles. The molecule has 0 saturated carbocycles. The fraction of sp³-hybridized carbons (Fsp3) is 0.318. The molecule has 1 heterocycles.